The quantitative estimate of drug-likeness (QED) is 0.0726. The first-order valence-corrected chi connectivity index (χ1v) is 27.1. The molecule has 406 valence electrons. The van der Waals surface area contributed by atoms with Gasteiger partial charge in [0.25, 0.3) is 0 Å². The summed E-state index contributed by atoms with van der Waals surface area (Å²) in [5, 5.41) is 0. The Morgan fingerprint density at radius 2 is 0.464 bits per heavy atom. The monoisotopic (exact) mass is 1100 g/mol. The lowest BCUT2D eigenvalue weighted by Crippen LogP contribution is -2.44. The summed E-state index contributed by atoms with van der Waals surface area (Å²) in [6.07, 6.45) is 0. The van der Waals surface area contributed by atoms with E-state index in [1.807, 2.05) is 135 Å². The summed E-state index contributed by atoms with van der Waals surface area (Å²) in [5.74, 6) is -0.560. The third-order valence-electron chi connectivity index (χ3n) is 14.5. The smallest absolute Gasteiger partial charge is 0.343 e. The highest BCUT2D eigenvalue weighted by molar-refractivity contribution is 6.56. The highest BCUT2D eigenvalue weighted by atomic mass is 16.5. The average Bonchev–Trinajstić information content (AvgIpc) is 1.60. The number of esters is 4. The molecule has 0 radical (unpaired) electrons. The van der Waals surface area contributed by atoms with Crippen molar-refractivity contribution in [3.63, 3.8) is 0 Å². The highest BCUT2D eigenvalue weighted by Gasteiger charge is 2.61. The maximum atomic E-state index is 13.6. The van der Waals surface area contributed by atoms with Gasteiger partial charge in [-0.05, 0) is 122 Å². The number of para-hydroxylation sites is 4. The van der Waals surface area contributed by atoms with Crippen molar-refractivity contribution in [1.82, 2.24) is 0 Å². The number of rotatable bonds is 15. The van der Waals surface area contributed by atoms with E-state index in [1.165, 1.54) is 0 Å². The first-order chi connectivity index (χ1) is 41.0. The van der Waals surface area contributed by atoms with E-state index in [2.05, 4.69) is 0 Å². The van der Waals surface area contributed by atoms with Crippen molar-refractivity contribution >= 4 is 46.7 Å². The van der Waals surface area contributed by atoms with Crippen LogP contribution in [0.5, 0.6) is 23.0 Å². The predicted molar refractivity (Wildman–Crippen MR) is 323 cm³/mol. The molecule has 2 aliphatic heterocycles. The summed E-state index contributed by atoms with van der Waals surface area (Å²) in [5.41, 5.74) is 4.93. The SMILES string of the molecule is Cc1ccccc1C1(C2(c3ccccc3C)N=C(c3ccc(C(=O)Oc4ccccc4)cc3)C(c3ccc(C(=O)Oc4ccccc4)cc3)=N2)N=C(c2ccc(C(=O)Oc3ccccc3)cc2)C(c2ccc(C(=O)Oc3ccccc3)cc2)=N1. The van der Waals surface area contributed by atoms with Crippen molar-refractivity contribution in [2.24, 2.45) is 20.0 Å². The Morgan fingerprint density at radius 1 is 0.262 bits per heavy atom. The van der Waals surface area contributed by atoms with E-state index >= 15 is 0 Å². The van der Waals surface area contributed by atoms with Crippen LogP contribution >= 0.6 is 0 Å². The van der Waals surface area contributed by atoms with Gasteiger partial charge in [-0.2, -0.15) is 0 Å². The van der Waals surface area contributed by atoms with Crippen LogP contribution in [0.25, 0.3) is 0 Å². The van der Waals surface area contributed by atoms with Crippen molar-refractivity contribution in [3.8, 4) is 23.0 Å². The van der Waals surface area contributed by atoms with Crippen LogP contribution in [0.4, 0.5) is 0 Å². The molecular weight excluding hydrogens is 1050 g/mol. The molecule has 10 aromatic rings. The number of benzene rings is 10. The molecule has 0 atom stereocenters. The van der Waals surface area contributed by atoms with Gasteiger partial charge in [-0.25, -0.2) is 39.1 Å². The van der Waals surface area contributed by atoms with E-state index in [4.69, 9.17) is 38.9 Å². The molecule has 0 saturated carbocycles. The van der Waals surface area contributed by atoms with Crippen LogP contribution < -0.4 is 18.9 Å². The maximum Gasteiger partial charge on any atom is 0.343 e. The van der Waals surface area contributed by atoms with Crippen molar-refractivity contribution in [1.29, 1.82) is 0 Å². The van der Waals surface area contributed by atoms with Crippen molar-refractivity contribution in [3.05, 3.63) is 334 Å². The van der Waals surface area contributed by atoms with E-state index in [0.717, 1.165) is 11.1 Å². The van der Waals surface area contributed by atoms with Gasteiger partial charge in [-0.1, -0.05) is 170 Å². The fourth-order valence-corrected chi connectivity index (χ4v) is 10.2. The molecule has 10 aromatic carbocycles. The zero-order valence-corrected chi connectivity index (χ0v) is 45.5. The summed E-state index contributed by atoms with van der Waals surface area (Å²) >= 11 is 0. The first-order valence-electron chi connectivity index (χ1n) is 27.1. The van der Waals surface area contributed by atoms with Gasteiger partial charge in [0.2, 0.25) is 11.3 Å². The lowest BCUT2D eigenvalue weighted by molar-refractivity contribution is 0.0725. The summed E-state index contributed by atoms with van der Waals surface area (Å²) in [6, 6.07) is 79.1. The van der Waals surface area contributed by atoms with Gasteiger partial charge in [-0.3, -0.25) is 0 Å². The van der Waals surface area contributed by atoms with Gasteiger partial charge in [0, 0.05) is 33.4 Å². The molecule has 0 saturated heterocycles. The number of aryl methyl sites for hydroxylation is 2. The molecule has 12 rings (SSSR count). The van der Waals surface area contributed by atoms with Gasteiger partial charge < -0.3 is 18.9 Å². The first kappa shape index (κ1) is 53.4. The summed E-state index contributed by atoms with van der Waals surface area (Å²) < 4.78 is 23.0. The lowest BCUT2D eigenvalue weighted by Gasteiger charge is -2.39. The van der Waals surface area contributed by atoms with Crippen LogP contribution in [0, 0.1) is 13.8 Å². The third kappa shape index (κ3) is 10.7. The Balaban J connectivity index is 1.07. The Morgan fingerprint density at radius 3 is 0.679 bits per heavy atom. The molecule has 0 aromatic heterocycles. The van der Waals surface area contributed by atoms with E-state index in [0.29, 0.717) is 101 Å². The third-order valence-corrected chi connectivity index (χ3v) is 14.5. The number of hydrogen-bond donors (Lipinski definition) is 0. The minimum atomic E-state index is -1.75. The van der Waals surface area contributed by atoms with Crippen molar-refractivity contribution in [2.75, 3.05) is 0 Å². The molecule has 84 heavy (non-hydrogen) atoms. The molecule has 0 unspecified atom stereocenters. The fourth-order valence-electron chi connectivity index (χ4n) is 10.2. The second-order valence-corrected chi connectivity index (χ2v) is 19.9. The number of nitrogens with zero attached hydrogens (tertiary/aromatic N) is 4. The van der Waals surface area contributed by atoms with Crippen molar-refractivity contribution in [2.45, 2.75) is 25.2 Å². The molecule has 0 bridgehead atoms. The molecule has 12 heteroatoms. The van der Waals surface area contributed by atoms with Gasteiger partial charge in [0.15, 0.2) is 0 Å². The molecule has 2 heterocycles. The number of ether oxygens (including phenoxy) is 4. The van der Waals surface area contributed by atoms with Crippen LogP contribution in [0.3, 0.4) is 0 Å². The van der Waals surface area contributed by atoms with Crippen LogP contribution in [-0.4, -0.2) is 46.7 Å². The van der Waals surface area contributed by atoms with E-state index in [1.54, 1.807) is 146 Å². The standard InChI is InChI=1S/C72H50N4O8/c1-47-19-15-17-29-61(47)71(73-63(49-31-39-53(40-32-49)67(77)81-57-21-7-3-8-22-57)64(74-71)50-33-41-54(42-34-50)68(78)82-58-23-9-4-10-24-58)72(62-30-18-16-20-48(62)2)75-65(51-35-43-55(44-36-51)69(79)83-59-25-11-5-12-26-59)66(76-72)52-37-45-56(46-38-52)70(80)84-60-27-13-6-14-28-60/h3-46H,1-2H3. The van der Waals surface area contributed by atoms with Gasteiger partial charge in [0.05, 0.1) is 45.1 Å². The van der Waals surface area contributed by atoms with Gasteiger partial charge in [0.1, 0.15) is 23.0 Å². The van der Waals surface area contributed by atoms with E-state index in [-0.39, 0.29) is 0 Å². The Bertz CT molecular complexity index is 3740. The van der Waals surface area contributed by atoms with Crippen LogP contribution in [0.2, 0.25) is 0 Å². The molecule has 0 N–H and O–H groups in total. The minimum absolute atomic E-state index is 0.306. The maximum absolute atomic E-state index is 13.6. The Labute approximate surface area is 484 Å². The molecule has 2 aliphatic rings. The molecule has 0 fully saturated rings. The zero-order chi connectivity index (χ0) is 57.6. The number of hydrogen-bond acceptors (Lipinski definition) is 12. The predicted octanol–water partition coefficient (Wildman–Crippen LogP) is 14.2. The van der Waals surface area contributed by atoms with Crippen LogP contribution in [0.15, 0.2) is 287 Å². The normalized spacial score (nSPS) is 13.8. The number of aliphatic imine (C=N–C) groups is 4. The Hall–Kier alpha value is -11.2. The van der Waals surface area contributed by atoms with E-state index in [9.17, 15) is 19.2 Å². The topological polar surface area (TPSA) is 155 Å². The lowest BCUT2D eigenvalue weighted by atomic mass is 9.79. The molecular formula is C72H50N4O8. The molecule has 0 spiro atoms. The van der Waals surface area contributed by atoms with Gasteiger partial charge >= 0.3 is 23.9 Å². The van der Waals surface area contributed by atoms with E-state index < -0.39 is 35.2 Å². The van der Waals surface area contributed by atoms with Gasteiger partial charge in [-0.15, -0.1) is 0 Å². The molecule has 0 amide bonds. The van der Waals surface area contributed by atoms with Crippen LogP contribution in [-0.2, 0) is 11.3 Å². The summed E-state index contributed by atoms with van der Waals surface area (Å²) in [4.78, 5) is 78.0. The highest BCUT2D eigenvalue weighted by Crippen LogP contribution is 2.56. The molecule has 12 nitrogen and oxygen atoms in total. The van der Waals surface area contributed by atoms with Crippen LogP contribution in [0.1, 0.15) is 85.9 Å². The average molecular weight is 1100 g/mol. The second-order valence-electron chi connectivity index (χ2n) is 19.9. The number of carbonyl (C=O) groups is 4. The largest absolute Gasteiger partial charge is 0.423 e. The zero-order valence-electron chi connectivity index (χ0n) is 45.5. The fraction of sp³-hybridized carbons (Fsp3) is 0.0556. The van der Waals surface area contributed by atoms with Crippen molar-refractivity contribution < 1.29 is 38.1 Å². The minimum Gasteiger partial charge on any atom is -0.423 e. The molecule has 0 aliphatic carbocycles. The Kier molecular flexibility index (Phi) is 14.7. The summed E-state index contributed by atoms with van der Waals surface area (Å²) in [7, 11) is 0. The second kappa shape index (κ2) is 23.1. The number of carbonyl (C=O) groups excluding carboxylic acids is 4. The summed E-state index contributed by atoms with van der Waals surface area (Å²) in [6.45, 7) is 3.99.